The van der Waals surface area contributed by atoms with Crippen molar-refractivity contribution in [2.24, 2.45) is 0 Å². The van der Waals surface area contributed by atoms with E-state index in [-0.39, 0.29) is 30.9 Å². The van der Waals surface area contributed by atoms with Gasteiger partial charge in [0.1, 0.15) is 0 Å². The molecule has 0 bridgehead atoms. The van der Waals surface area contributed by atoms with E-state index < -0.39 is 10.9 Å². The number of nitro benzene ring substituents is 1. The number of ketones is 1. The lowest BCUT2D eigenvalue weighted by molar-refractivity contribution is -0.384. The molecule has 0 aliphatic carbocycles. The number of fused-ring (bicyclic) bond motifs is 1. The number of non-ortho nitro benzene ring substituents is 1. The third kappa shape index (κ3) is 3.77. The second-order valence-corrected chi connectivity index (χ2v) is 5.96. The van der Waals surface area contributed by atoms with Crippen LogP contribution in [0.5, 0.6) is 0 Å². The van der Waals surface area contributed by atoms with Gasteiger partial charge in [0.25, 0.3) is 5.69 Å². The first-order chi connectivity index (χ1) is 12.4. The minimum atomic E-state index is -0.989. The Morgan fingerprint density at radius 3 is 2.54 bits per heavy atom. The summed E-state index contributed by atoms with van der Waals surface area (Å²) in [6, 6.07) is 13.9. The van der Waals surface area contributed by atoms with Crippen molar-refractivity contribution in [2.75, 3.05) is 0 Å². The van der Waals surface area contributed by atoms with Gasteiger partial charge in [0.2, 0.25) is 0 Å². The lowest BCUT2D eigenvalue weighted by Gasteiger charge is -2.06. The summed E-state index contributed by atoms with van der Waals surface area (Å²) >= 11 is 0. The number of rotatable bonds is 7. The number of nitrogens with zero attached hydrogens (tertiary/aromatic N) is 2. The number of carbonyl (C=O) groups is 2. The van der Waals surface area contributed by atoms with Crippen LogP contribution in [0.4, 0.5) is 5.69 Å². The van der Waals surface area contributed by atoms with Crippen LogP contribution in [0.3, 0.4) is 0 Å². The maximum absolute atomic E-state index is 11.9. The second-order valence-electron chi connectivity index (χ2n) is 5.96. The fraction of sp³-hybridized carbons (Fsp3) is 0.158. The minimum absolute atomic E-state index is 0.000767. The molecule has 1 heterocycles. The fourth-order valence-corrected chi connectivity index (χ4v) is 2.83. The van der Waals surface area contributed by atoms with E-state index in [9.17, 15) is 19.7 Å². The Bertz CT molecular complexity index is 1010. The van der Waals surface area contributed by atoms with Crippen LogP contribution in [0.2, 0.25) is 0 Å². The van der Waals surface area contributed by atoms with Crippen molar-refractivity contribution in [3.05, 3.63) is 64.8 Å². The Morgan fingerprint density at radius 1 is 1.04 bits per heavy atom. The van der Waals surface area contributed by atoms with Crippen molar-refractivity contribution < 1.29 is 19.6 Å². The lowest BCUT2D eigenvalue weighted by atomic mass is 10.0. The van der Waals surface area contributed by atoms with Crippen LogP contribution in [0.25, 0.3) is 22.0 Å². The molecule has 7 heteroatoms. The molecule has 7 nitrogen and oxygen atoms in total. The molecule has 3 rings (SSSR count). The Balaban J connectivity index is 1.85. The molecule has 0 saturated carbocycles. The molecule has 0 saturated heterocycles. The zero-order valence-electron chi connectivity index (χ0n) is 13.8. The van der Waals surface area contributed by atoms with E-state index in [1.54, 1.807) is 22.9 Å². The van der Waals surface area contributed by atoms with Gasteiger partial charge < -0.3 is 9.67 Å². The number of carbonyl (C=O) groups excluding carboxylic acids is 1. The number of carboxylic acids is 1. The summed E-state index contributed by atoms with van der Waals surface area (Å²) in [4.78, 5) is 33.0. The summed E-state index contributed by atoms with van der Waals surface area (Å²) in [5, 5.41) is 20.5. The molecule has 3 aromatic rings. The molecule has 0 fully saturated rings. The zero-order valence-corrected chi connectivity index (χ0v) is 13.8. The first-order valence-corrected chi connectivity index (χ1v) is 8.01. The van der Waals surface area contributed by atoms with Crippen LogP contribution in [-0.4, -0.2) is 26.3 Å². The van der Waals surface area contributed by atoms with Gasteiger partial charge in [0, 0.05) is 35.7 Å². The van der Waals surface area contributed by atoms with Gasteiger partial charge in [-0.25, -0.2) is 0 Å². The van der Waals surface area contributed by atoms with Gasteiger partial charge in [-0.3, -0.25) is 19.7 Å². The highest BCUT2D eigenvalue weighted by Crippen LogP contribution is 2.27. The van der Waals surface area contributed by atoms with Gasteiger partial charge in [-0.05, 0) is 29.3 Å². The summed E-state index contributed by atoms with van der Waals surface area (Å²) in [7, 11) is 0. The summed E-state index contributed by atoms with van der Waals surface area (Å²) in [5.41, 5.74) is 2.47. The molecule has 0 aliphatic heterocycles. The van der Waals surface area contributed by atoms with Crippen molar-refractivity contribution in [1.29, 1.82) is 0 Å². The van der Waals surface area contributed by atoms with Crippen LogP contribution in [0.15, 0.2) is 54.7 Å². The number of hydrogen-bond acceptors (Lipinski definition) is 4. The molecule has 2 aromatic carbocycles. The highest BCUT2D eigenvalue weighted by molar-refractivity contribution is 5.88. The molecule has 0 aliphatic rings. The molecule has 1 N–H and O–H groups in total. The van der Waals surface area contributed by atoms with E-state index in [4.69, 9.17) is 5.11 Å². The van der Waals surface area contributed by atoms with Crippen molar-refractivity contribution in [1.82, 2.24) is 4.57 Å². The van der Waals surface area contributed by atoms with E-state index in [1.165, 1.54) is 12.1 Å². The second kappa shape index (κ2) is 7.18. The van der Waals surface area contributed by atoms with Crippen LogP contribution in [0, 0.1) is 10.1 Å². The number of aromatic nitrogens is 1. The van der Waals surface area contributed by atoms with Gasteiger partial charge >= 0.3 is 5.97 Å². The zero-order chi connectivity index (χ0) is 18.7. The van der Waals surface area contributed by atoms with E-state index >= 15 is 0 Å². The summed E-state index contributed by atoms with van der Waals surface area (Å²) < 4.78 is 1.77. The Morgan fingerprint density at radius 2 is 1.81 bits per heavy atom. The quantitative estimate of drug-likeness (QED) is 0.516. The summed E-state index contributed by atoms with van der Waals surface area (Å²) in [5.74, 6) is -1.13. The topological polar surface area (TPSA) is 102 Å². The fourth-order valence-electron chi connectivity index (χ4n) is 2.83. The molecule has 0 amide bonds. The smallest absolute Gasteiger partial charge is 0.303 e. The average Bonchev–Trinajstić information content (AvgIpc) is 3.02. The van der Waals surface area contributed by atoms with Crippen molar-refractivity contribution in [3.63, 3.8) is 0 Å². The van der Waals surface area contributed by atoms with Gasteiger partial charge in [0.05, 0.1) is 17.9 Å². The van der Waals surface area contributed by atoms with Crippen LogP contribution in [-0.2, 0) is 16.1 Å². The van der Waals surface area contributed by atoms with Crippen LogP contribution >= 0.6 is 0 Å². The van der Waals surface area contributed by atoms with Crippen LogP contribution < -0.4 is 0 Å². The van der Waals surface area contributed by atoms with Crippen molar-refractivity contribution >= 4 is 28.3 Å². The number of hydrogen-bond donors (Lipinski definition) is 1. The predicted molar refractivity (Wildman–Crippen MR) is 95.9 cm³/mol. The first kappa shape index (κ1) is 17.3. The molecule has 132 valence electrons. The minimum Gasteiger partial charge on any atom is -0.481 e. The van der Waals surface area contributed by atoms with Gasteiger partial charge in [0.15, 0.2) is 5.78 Å². The van der Waals surface area contributed by atoms with Crippen LogP contribution in [0.1, 0.15) is 12.8 Å². The summed E-state index contributed by atoms with van der Waals surface area (Å²) in [6.07, 6.45) is 1.61. The van der Waals surface area contributed by atoms with Gasteiger partial charge in [-0.15, -0.1) is 0 Å². The number of benzene rings is 2. The molecular weight excluding hydrogens is 336 g/mol. The largest absolute Gasteiger partial charge is 0.481 e. The van der Waals surface area contributed by atoms with Gasteiger partial charge in [-0.1, -0.05) is 18.2 Å². The van der Waals surface area contributed by atoms with Gasteiger partial charge in [-0.2, -0.15) is 0 Å². The number of nitro groups is 1. The average molecular weight is 352 g/mol. The Kier molecular flexibility index (Phi) is 4.79. The first-order valence-electron chi connectivity index (χ1n) is 8.01. The monoisotopic (exact) mass is 352 g/mol. The molecule has 0 atom stereocenters. The molecule has 0 radical (unpaired) electrons. The number of Topliss-reactive ketones (excluding diaryl/α,β-unsaturated/α-hetero) is 1. The lowest BCUT2D eigenvalue weighted by Crippen LogP contribution is -2.10. The molecule has 0 spiro atoms. The SMILES string of the molecule is O=C(O)CCC(=O)Cn1ccc2cc(-c3cccc([N+](=O)[O-])c3)ccc21. The number of carboxylic acid groups (broad SMARTS) is 1. The highest BCUT2D eigenvalue weighted by atomic mass is 16.6. The molecule has 0 unspecified atom stereocenters. The van der Waals surface area contributed by atoms with E-state index in [1.807, 2.05) is 24.3 Å². The normalized spacial score (nSPS) is 10.8. The van der Waals surface area contributed by atoms with Crippen molar-refractivity contribution in [2.45, 2.75) is 19.4 Å². The molecule has 1 aromatic heterocycles. The van der Waals surface area contributed by atoms with E-state index in [0.717, 1.165) is 22.0 Å². The standard InChI is InChI=1S/C19H16N2O5/c22-17(5-7-19(23)24)12-20-9-8-15-10-14(4-6-18(15)20)13-2-1-3-16(11-13)21(25)26/h1-4,6,8-11H,5,7,12H2,(H,23,24). The maximum atomic E-state index is 11.9. The predicted octanol–water partition coefficient (Wildman–Crippen LogP) is 3.65. The van der Waals surface area contributed by atoms with E-state index in [0.29, 0.717) is 0 Å². The highest BCUT2D eigenvalue weighted by Gasteiger charge is 2.11. The maximum Gasteiger partial charge on any atom is 0.303 e. The Labute approximate surface area is 148 Å². The third-order valence-corrected chi connectivity index (χ3v) is 4.13. The third-order valence-electron chi connectivity index (χ3n) is 4.13. The molecule has 26 heavy (non-hydrogen) atoms. The molecular formula is C19H16N2O5. The number of aliphatic carboxylic acids is 1. The summed E-state index contributed by atoms with van der Waals surface area (Å²) in [6.45, 7) is 0.118. The van der Waals surface area contributed by atoms with Crippen molar-refractivity contribution in [3.8, 4) is 11.1 Å². The van der Waals surface area contributed by atoms with E-state index in [2.05, 4.69) is 0 Å². The Hall–Kier alpha value is -3.48.